The van der Waals surface area contributed by atoms with E-state index < -0.39 is 6.16 Å². The minimum atomic E-state index is -0.879. The Morgan fingerprint density at radius 2 is 1.25 bits per heavy atom. The predicted octanol–water partition coefficient (Wildman–Crippen LogP) is 3.53. The van der Waals surface area contributed by atoms with Crippen LogP contribution in [-0.4, -0.2) is 50.3 Å². The van der Waals surface area contributed by atoms with E-state index in [1.807, 2.05) is 0 Å². The van der Waals surface area contributed by atoms with E-state index in [1.165, 1.54) is 12.7 Å². The van der Waals surface area contributed by atoms with Gasteiger partial charge < -0.3 is 20.3 Å². The number of hydroxylamine groups is 2. The fraction of sp³-hybridized carbons (Fsp3) is 0.471. The largest absolute Gasteiger partial charge is 0.547 e. The topological polar surface area (TPSA) is 135 Å². The Balaban J connectivity index is 1.17. The average molecular weight is 707 g/mol. The van der Waals surface area contributed by atoms with Crippen molar-refractivity contribution in [2.24, 2.45) is 0 Å². The molecule has 2 aliphatic carbocycles. The lowest BCUT2D eigenvalue weighted by atomic mass is 10.3. The Hall–Kier alpha value is -1.01. The van der Waals surface area contributed by atoms with Crippen molar-refractivity contribution >= 4 is 86.2 Å². The van der Waals surface area contributed by atoms with Crippen LogP contribution in [0.3, 0.4) is 0 Å². The average Bonchev–Trinajstić information content (AvgIpc) is 3.68. The summed E-state index contributed by atoms with van der Waals surface area (Å²) in [5.74, 6) is 1.30. The van der Waals surface area contributed by atoms with Crippen molar-refractivity contribution in [2.45, 2.75) is 36.8 Å². The summed E-state index contributed by atoms with van der Waals surface area (Å²) in [4.78, 5) is 38.1. The van der Waals surface area contributed by atoms with Crippen LogP contribution in [0.1, 0.15) is 25.7 Å². The maximum atomic E-state index is 11.9. The highest BCUT2D eigenvalue weighted by Gasteiger charge is 2.44. The third kappa shape index (κ3) is 6.11. The Kier molecular flexibility index (Phi) is 7.60. The zero-order valence-corrected chi connectivity index (χ0v) is 22.2. The van der Waals surface area contributed by atoms with Crippen molar-refractivity contribution in [1.29, 1.82) is 0 Å². The zero-order chi connectivity index (χ0) is 22.8. The number of anilines is 2. The van der Waals surface area contributed by atoms with Gasteiger partial charge in [-0.05, 0) is 70.9 Å². The van der Waals surface area contributed by atoms with Crippen LogP contribution in [0.4, 0.5) is 16.4 Å². The van der Waals surface area contributed by atoms with E-state index in [2.05, 4.69) is 86.7 Å². The van der Waals surface area contributed by atoms with Gasteiger partial charge in [0.05, 0.1) is 31.3 Å². The lowest BCUT2D eigenvalue weighted by Gasteiger charge is -2.20. The fourth-order valence-electron chi connectivity index (χ4n) is 2.85. The molecule has 172 valence electrons. The van der Waals surface area contributed by atoms with Gasteiger partial charge in [-0.3, -0.25) is 0 Å². The number of carbonyl (C=O) groups excluding carboxylic acids is 1. The van der Waals surface area contributed by atoms with Crippen LogP contribution in [0.15, 0.2) is 12.7 Å². The van der Waals surface area contributed by atoms with Gasteiger partial charge in [0.15, 0.2) is 0 Å². The number of hydrogen-bond donors (Lipinski definition) is 4. The number of halogens is 4. The summed E-state index contributed by atoms with van der Waals surface area (Å²) in [7, 11) is 0. The monoisotopic (exact) mass is 706 g/mol. The van der Waals surface area contributed by atoms with Crippen LogP contribution in [-0.2, 0) is 9.68 Å². The molecule has 15 heteroatoms. The molecule has 2 fully saturated rings. The van der Waals surface area contributed by atoms with Gasteiger partial charge in [-0.25, -0.2) is 19.9 Å². The molecule has 32 heavy (non-hydrogen) atoms. The van der Waals surface area contributed by atoms with Gasteiger partial charge in [0, 0.05) is 0 Å². The maximum Gasteiger partial charge on any atom is 0.547 e. The molecule has 0 spiro atoms. The first-order chi connectivity index (χ1) is 15.3. The summed E-state index contributed by atoms with van der Waals surface area (Å²) in [6.45, 7) is 0.774. The van der Waals surface area contributed by atoms with Gasteiger partial charge in [-0.2, -0.15) is 4.79 Å². The SMILES string of the molecule is O=C(ONCC1(Nc2ncnc(Cl)c2I)CC1)ONCC1(Nc2ncnc(Cl)c2I)CC1. The van der Waals surface area contributed by atoms with E-state index in [4.69, 9.17) is 32.9 Å². The summed E-state index contributed by atoms with van der Waals surface area (Å²) in [6, 6.07) is 0. The molecule has 4 N–H and O–H groups in total. The highest BCUT2D eigenvalue weighted by atomic mass is 127. The summed E-state index contributed by atoms with van der Waals surface area (Å²) in [6.07, 6.45) is 5.51. The fourth-order valence-corrected chi connectivity index (χ4v) is 3.95. The van der Waals surface area contributed by atoms with Crippen molar-refractivity contribution in [1.82, 2.24) is 30.9 Å². The highest BCUT2D eigenvalue weighted by Crippen LogP contribution is 2.40. The number of rotatable bonds is 10. The summed E-state index contributed by atoms with van der Waals surface area (Å²) in [5, 5.41) is 7.44. The van der Waals surface area contributed by atoms with E-state index >= 15 is 0 Å². The van der Waals surface area contributed by atoms with Crippen LogP contribution in [0.5, 0.6) is 0 Å². The standard InChI is InChI=1S/C17H18Cl2I2N8O3/c18-11-9(20)13(24-7-22-11)28-16(1-2-16)5-26-31-15(30)32-27-6-17(3-4-17)29-14-10(21)12(19)23-8-25-14/h7-8,26-27H,1-6H2,(H,22,24,28)(H,23,25,29). The second kappa shape index (κ2) is 10.1. The van der Waals surface area contributed by atoms with Gasteiger partial charge in [0.2, 0.25) is 0 Å². The molecule has 0 aliphatic heterocycles. The maximum absolute atomic E-state index is 11.9. The van der Waals surface area contributed by atoms with Crippen LogP contribution < -0.4 is 21.6 Å². The highest BCUT2D eigenvalue weighted by molar-refractivity contribution is 14.1. The van der Waals surface area contributed by atoms with Crippen LogP contribution in [0.2, 0.25) is 10.3 Å². The summed E-state index contributed by atoms with van der Waals surface area (Å²) >= 11 is 16.2. The van der Waals surface area contributed by atoms with Crippen LogP contribution >= 0.6 is 68.4 Å². The zero-order valence-electron chi connectivity index (χ0n) is 16.4. The molecule has 2 aliphatic rings. The van der Waals surface area contributed by atoms with Gasteiger partial charge in [0.25, 0.3) is 0 Å². The second-order valence-electron chi connectivity index (χ2n) is 7.56. The van der Waals surface area contributed by atoms with E-state index in [-0.39, 0.29) is 11.1 Å². The number of carbonyl (C=O) groups is 1. The Labute approximate surface area is 220 Å². The van der Waals surface area contributed by atoms with E-state index in [0.29, 0.717) is 35.0 Å². The predicted molar refractivity (Wildman–Crippen MR) is 134 cm³/mol. The van der Waals surface area contributed by atoms with Gasteiger partial charge >= 0.3 is 6.16 Å². The second-order valence-corrected chi connectivity index (χ2v) is 10.4. The quantitative estimate of drug-likeness (QED) is 0.164. The molecule has 0 amide bonds. The minimum Gasteiger partial charge on any atom is -0.362 e. The smallest absolute Gasteiger partial charge is 0.362 e. The van der Waals surface area contributed by atoms with Crippen molar-refractivity contribution in [3.05, 3.63) is 30.1 Å². The lowest BCUT2D eigenvalue weighted by molar-refractivity contribution is -0.0158. The Morgan fingerprint density at radius 3 is 1.62 bits per heavy atom. The Morgan fingerprint density at radius 1 is 0.844 bits per heavy atom. The minimum absolute atomic E-state index is 0.261. The number of nitrogens with zero attached hydrogens (tertiary/aromatic N) is 4. The molecule has 2 aromatic rings. The number of nitrogens with one attached hydrogen (secondary N) is 4. The van der Waals surface area contributed by atoms with E-state index in [0.717, 1.165) is 32.8 Å². The molecule has 0 unspecified atom stereocenters. The third-order valence-electron chi connectivity index (χ3n) is 5.10. The molecule has 11 nitrogen and oxygen atoms in total. The summed E-state index contributed by atoms with van der Waals surface area (Å²) < 4.78 is 1.48. The first-order valence-corrected chi connectivity index (χ1v) is 12.4. The van der Waals surface area contributed by atoms with Crippen molar-refractivity contribution in [3.8, 4) is 0 Å². The van der Waals surface area contributed by atoms with Crippen molar-refractivity contribution in [3.63, 3.8) is 0 Å². The molecular formula is C17H18Cl2I2N8O3. The lowest BCUT2D eigenvalue weighted by Crippen LogP contribution is -2.39. The van der Waals surface area contributed by atoms with Crippen LogP contribution in [0, 0.1) is 7.14 Å². The molecule has 0 atom stereocenters. The van der Waals surface area contributed by atoms with Crippen LogP contribution in [0.25, 0.3) is 0 Å². The van der Waals surface area contributed by atoms with Crippen molar-refractivity contribution < 1.29 is 14.5 Å². The van der Waals surface area contributed by atoms with Gasteiger partial charge in [-0.1, -0.05) is 23.2 Å². The molecule has 0 aromatic carbocycles. The van der Waals surface area contributed by atoms with E-state index in [1.54, 1.807) is 0 Å². The molecule has 0 bridgehead atoms. The molecule has 2 aromatic heterocycles. The molecule has 4 rings (SSSR count). The summed E-state index contributed by atoms with van der Waals surface area (Å²) in [5.41, 5.74) is 4.79. The third-order valence-corrected chi connectivity index (χ3v) is 8.35. The van der Waals surface area contributed by atoms with Gasteiger partial charge in [0.1, 0.15) is 34.6 Å². The normalized spacial score (nSPS) is 17.4. The molecule has 2 saturated carbocycles. The van der Waals surface area contributed by atoms with Crippen molar-refractivity contribution in [2.75, 3.05) is 23.7 Å². The first kappa shape index (κ1) is 24.1. The molecular weight excluding hydrogens is 689 g/mol. The molecule has 2 heterocycles. The van der Waals surface area contributed by atoms with Gasteiger partial charge in [-0.15, -0.1) is 11.0 Å². The Bertz CT molecular complexity index is 932. The first-order valence-electron chi connectivity index (χ1n) is 9.53. The molecule has 0 saturated heterocycles. The van der Waals surface area contributed by atoms with E-state index in [9.17, 15) is 4.79 Å². The number of aromatic nitrogens is 4. The number of hydrogen-bond acceptors (Lipinski definition) is 11. The molecule has 0 radical (unpaired) electrons.